The van der Waals surface area contributed by atoms with E-state index in [0.29, 0.717) is 6.42 Å². The predicted octanol–water partition coefficient (Wildman–Crippen LogP) is 1.32. The highest BCUT2D eigenvalue weighted by Gasteiger charge is 2.46. The fourth-order valence-corrected chi connectivity index (χ4v) is 4.94. The maximum atomic E-state index is 11.9. The molecular formula is C10H16O3S. The molecule has 0 spiro atoms. The fraction of sp³-hybridized carbons (Fsp3) is 0.900. The lowest BCUT2D eigenvalue weighted by Gasteiger charge is -2.36. The topological polar surface area (TPSA) is 51.2 Å². The van der Waals surface area contributed by atoms with Crippen LogP contribution in [0.2, 0.25) is 0 Å². The molecule has 0 N–H and O–H groups in total. The van der Waals surface area contributed by atoms with Gasteiger partial charge in [-0.2, -0.15) is 0 Å². The summed E-state index contributed by atoms with van der Waals surface area (Å²) < 4.78 is 23.9. The summed E-state index contributed by atoms with van der Waals surface area (Å²) >= 11 is 0. The van der Waals surface area contributed by atoms with Gasteiger partial charge in [-0.05, 0) is 19.8 Å². The molecule has 0 aromatic heterocycles. The summed E-state index contributed by atoms with van der Waals surface area (Å²) in [6.45, 7) is 1.66. The van der Waals surface area contributed by atoms with Gasteiger partial charge in [-0.3, -0.25) is 4.79 Å². The molecule has 1 aliphatic heterocycles. The van der Waals surface area contributed by atoms with Crippen LogP contribution in [0.4, 0.5) is 0 Å². The first-order valence-electron chi connectivity index (χ1n) is 5.29. The van der Waals surface area contributed by atoms with E-state index in [1.807, 2.05) is 0 Å². The third-order valence-electron chi connectivity index (χ3n) is 3.59. The molecule has 0 aromatic rings. The quantitative estimate of drug-likeness (QED) is 0.613. The summed E-state index contributed by atoms with van der Waals surface area (Å²) in [6.07, 6.45) is 3.69. The SMILES string of the molecule is C[C@@H]1CC(=O)[C@H]2CCCC[C@H]2S1(=O)=O. The Balaban J connectivity index is 2.35. The summed E-state index contributed by atoms with van der Waals surface area (Å²) in [5, 5.41) is -0.804. The molecule has 0 radical (unpaired) electrons. The summed E-state index contributed by atoms with van der Waals surface area (Å²) in [6, 6.07) is 0. The maximum Gasteiger partial charge on any atom is 0.156 e. The van der Waals surface area contributed by atoms with Gasteiger partial charge in [0.2, 0.25) is 0 Å². The summed E-state index contributed by atoms with van der Waals surface area (Å²) in [5.41, 5.74) is 0. The normalized spacial score (nSPS) is 41.8. The molecule has 1 aliphatic carbocycles. The molecule has 3 nitrogen and oxygen atoms in total. The number of carbonyl (C=O) groups excluding carboxylic acids is 1. The highest BCUT2D eigenvalue weighted by molar-refractivity contribution is 7.92. The molecule has 1 heterocycles. The summed E-state index contributed by atoms with van der Waals surface area (Å²) in [7, 11) is -3.02. The Kier molecular flexibility index (Phi) is 2.41. The van der Waals surface area contributed by atoms with E-state index in [9.17, 15) is 13.2 Å². The van der Waals surface area contributed by atoms with E-state index in [1.54, 1.807) is 6.92 Å². The second-order valence-corrected chi connectivity index (χ2v) is 7.09. The van der Waals surface area contributed by atoms with Crippen LogP contribution in [-0.2, 0) is 14.6 Å². The third kappa shape index (κ3) is 1.40. The van der Waals surface area contributed by atoms with Gasteiger partial charge in [0.25, 0.3) is 0 Å². The van der Waals surface area contributed by atoms with Crippen molar-refractivity contribution in [3.63, 3.8) is 0 Å². The van der Waals surface area contributed by atoms with Crippen molar-refractivity contribution in [2.24, 2.45) is 5.92 Å². The minimum atomic E-state index is -3.02. The molecule has 2 aliphatic rings. The Morgan fingerprint density at radius 3 is 2.57 bits per heavy atom. The molecule has 0 amide bonds. The van der Waals surface area contributed by atoms with Gasteiger partial charge in [0.05, 0.1) is 10.5 Å². The molecule has 1 saturated heterocycles. The lowest BCUT2D eigenvalue weighted by Crippen LogP contribution is -2.47. The second-order valence-electron chi connectivity index (χ2n) is 4.50. The van der Waals surface area contributed by atoms with E-state index < -0.39 is 15.1 Å². The number of carbonyl (C=O) groups is 1. The van der Waals surface area contributed by atoms with E-state index in [-0.39, 0.29) is 23.4 Å². The number of rotatable bonds is 0. The van der Waals surface area contributed by atoms with Crippen LogP contribution >= 0.6 is 0 Å². The molecule has 0 unspecified atom stereocenters. The minimum Gasteiger partial charge on any atom is -0.299 e. The van der Waals surface area contributed by atoms with Gasteiger partial charge in [0.15, 0.2) is 9.84 Å². The molecule has 0 aromatic carbocycles. The van der Waals surface area contributed by atoms with Gasteiger partial charge >= 0.3 is 0 Å². The Bertz CT molecular complexity index is 344. The van der Waals surface area contributed by atoms with Crippen LogP contribution in [0.1, 0.15) is 39.0 Å². The maximum absolute atomic E-state index is 11.9. The number of Topliss-reactive ketones (excluding diaryl/α,β-unsaturated/α-hetero) is 1. The first-order chi connectivity index (χ1) is 6.53. The first kappa shape index (κ1) is 10.1. The molecule has 14 heavy (non-hydrogen) atoms. The molecule has 4 heteroatoms. The van der Waals surface area contributed by atoms with Crippen molar-refractivity contribution < 1.29 is 13.2 Å². The second kappa shape index (κ2) is 3.33. The Morgan fingerprint density at radius 2 is 1.86 bits per heavy atom. The molecular weight excluding hydrogens is 200 g/mol. The van der Waals surface area contributed by atoms with Gasteiger partial charge in [-0.25, -0.2) is 8.42 Å². The first-order valence-corrected chi connectivity index (χ1v) is 6.90. The average molecular weight is 216 g/mol. The molecule has 1 saturated carbocycles. The smallest absolute Gasteiger partial charge is 0.156 e. The van der Waals surface area contributed by atoms with Gasteiger partial charge in [0, 0.05) is 12.3 Å². The summed E-state index contributed by atoms with van der Waals surface area (Å²) in [4.78, 5) is 11.7. The summed E-state index contributed by atoms with van der Waals surface area (Å²) in [5.74, 6) is 0.00183. The van der Waals surface area contributed by atoms with Crippen molar-refractivity contribution in [2.45, 2.75) is 49.5 Å². The van der Waals surface area contributed by atoms with Crippen LogP contribution in [0.15, 0.2) is 0 Å². The van der Waals surface area contributed by atoms with Crippen molar-refractivity contribution in [3.05, 3.63) is 0 Å². The van der Waals surface area contributed by atoms with Crippen LogP contribution in [-0.4, -0.2) is 24.7 Å². The zero-order valence-corrected chi connectivity index (χ0v) is 9.22. The third-order valence-corrected chi connectivity index (χ3v) is 6.28. The monoisotopic (exact) mass is 216 g/mol. The number of hydrogen-bond acceptors (Lipinski definition) is 3. The number of sulfone groups is 1. The number of ketones is 1. The van der Waals surface area contributed by atoms with Crippen LogP contribution < -0.4 is 0 Å². The van der Waals surface area contributed by atoms with Crippen molar-refractivity contribution in [3.8, 4) is 0 Å². The van der Waals surface area contributed by atoms with Crippen molar-refractivity contribution >= 4 is 15.6 Å². The number of hydrogen-bond donors (Lipinski definition) is 0. The van der Waals surface area contributed by atoms with E-state index in [1.165, 1.54) is 0 Å². The molecule has 2 fully saturated rings. The van der Waals surface area contributed by atoms with Crippen LogP contribution in [0.5, 0.6) is 0 Å². The van der Waals surface area contributed by atoms with Gasteiger partial charge < -0.3 is 0 Å². The van der Waals surface area contributed by atoms with Crippen LogP contribution in [0.3, 0.4) is 0 Å². The lowest BCUT2D eigenvalue weighted by atomic mass is 9.84. The highest BCUT2D eigenvalue weighted by Crippen LogP contribution is 2.37. The average Bonchev–Trinajstić information content (AvgIpc) is 2.16. The van der Waals surface area contributed by atoms with E-state index in [2.05, 4.69) is 0 Å². The van der Waals surface area contributed by atoms with Gasteiger partial charge in [-0.1, -0.05) is 12.8 Å². The standard InChI is InChI=1S/C10H16O3S/c1-7-6-9(11)8-4-2-3-5-10(8)14(7,12)13/h7-8,10H,2-6H2,1H3/t7-,8-,10-/m1/s1. The van der Waals surface area contributed by atoms with E-state index in [4.69, 9.17) is 0 Å². The fourth-order valence-electron chi connectivity index (χ4n) is 2.71. The van der Waals surface area contributed by atoms with Crippen molar-refractivity contribution in [1.29, 1.82) is 0 Å². The molecule has 80 valence electrons. The highest BCUT2D eigenvalue weighted by atomic mass is 32.2. The van der Waals surface area contributed by atoms with Crippen molar-refractivity contribution in [2.75, 3.05) is 0 Å². The van der Waals surface area contributed by atoms with Crippen LogP contribution in [0, 0.1) is 5.92 Å². The lowest BCUT2D eigenvalue weighted by molar-refractivity contribution is -0.124. The molecule has 3 atom stereocenters. The molecule has 0 bridgehead atoms. The Morgan fingerprint density at radius 1 is 1.21 bits per heavy atom. The minimum absolute atomic E-state index is 0.176. The predicted molar refractivity (Wildman–Crippen MR) is 53.8 cm³/mol. The molecule has 2 rings (SSSR count). The van der Waals surface area contributed by atoms with Gasteiger partial charge in [-0.15, -0.1) is 0 Å². The Hall–Kier alpha value is -0.380. The van der Waals surface area contributed by atoms with E-state index >= 15 is 0 Å². The zero-order chi connectivity index (χ0) is 10.3. The largest absolute Gasteiger partial charge is 0.299 e. The Labute approximate surface area is 84.8 Å². The zero-order valence-electron chi connectivity index (χ0n) is 8.40. The van der Waals surface area contributed by atoms with E-state index in [0.717, 1.165) is 19.3 Å². The number of fused-ring (bicyclic) bond motifs is 1. The van der Waals surface area contributed by atoms with Crippen LogP contribution in [0.25, 0.3) is 0 Å². The van der Waals surface area contributed by atoms with Gasteiger partial charge in [0.1, 0.15) is 5.78 Å². The van der Waals surface area contributed by atoms with Crippen molar-refractivity contribution in [1.82, 2.24) is 0 Å².